The first-order chi connectivity index (χ1) is 13.4. The van der Waals surface area contributed by atoms with E-state index >= 15 is 0 Å². The number of imidazole rings is 1. The van der Waals surface area contributed by atoms with E-state index in [1.165, 1.54) is 4.57 Å². The molecule has 0 atom stereocenters. The van der Waals surface area contributed by atoms with Gasteiger partial charge in [-0.3, -0.25) is 9.78 Å². The van der Waals surface area contributed by atoms with Crippen molar-refractivity contribution in [3.05, 3.63) is 60.2 Å². The Balaban J connectivity index is 1.49. The lowest BCUT2D eigenvalue weighted by Gasteiger charge is -2.32. The van der Waals surface area contributed by atoms with Crippen LogP contribution in [-0.2, 0) is 12.7 Å². The lowest BCUT2D eigenvalue weighted by atomic mass is 9.96. The zero-order valence-electron chi connectivity index (χ0n) is 15.1. The van der Waals surface area contributed by atoms with Gasteiger partial charge in [0, 0.05) is 37.6 Å². The molecule has 0 unspecified atom stereocenters. The van der Waals surface area contributed by atoms with Gasteiger partial charge in [0.25, 0.3) is 5.91 Å². The number of fused-ring (bicyclic) bond motifs is 1. The number of rotatable bonds is 3. The Kier molecular flexibility index (Phi) is 4.78. The molecule has 28 heavy (non-hydrogen) atoms. The van der Waals surface area contributed by atoms with E-state index < -0.39 is 12.0 Å². The predicted octanol–water partition coefficient (Wildman–Crippen LogP) is 4.00. The Bertz CT molecular complexity index is 976. The van der Waals surface area contributed by atoms with Gasteiger partial charge in [-0.1, -0.05) is 12.1 Å². The van der Waals surface area contributed by atoms with Crippen LogP contribution >= 0.6 is 0 Å². The number of aromatic nitrogens is 3. The van der Waals surface area contributed by atoms with Crippen LogP contribution < -0.4 is 0 Å². The molecule has 0 N–H and O–H groups in total. The normalized spacial score (nSPS) is 15.9. The second-order valence-electron chi connectivity index (χ2n) is 7.00. The zero-order chi connectivity index (χ0) is 19.7. The molecule has 1 aliphatic rings. The second kappa shape index (κ2) is 7.26. The summed E-state index contributed by atoms with van der Waals surface area (Å²) in [4.78, 5) is 22.0. The number of benzene rings is 1. The van der Waals surface area contributed by atoms with Crippen LogP contribution in [0.3, 0.4) is 0 Å². The summed E-state index contributed by atoms with van der Waals surface area (Å²) in [6.45, 7) is 1.30. The number of piperidine rings is 1. The number of carbonyl (C=O) groups is 1. The molecule has 2 aromatic heterocycles. The van der Waals surface area contributed by atoms with Gasteiger partial charge < -0.3 is 9.47 Å². The van der Waals surface area contributed by atoms with Crippen LogP contribution in [0.5, 0.6) is 0 Å². The van der Waals surface area contributed by atoms with Gasteiger partial charge in [0.2, 0.25) is 5.82 Å². The number of amides is 1. The Morgan fingerprint density at radius 1 is 1.07 bits per heavy atom. The third-order valence-electron chi connectivity index (χ3n) is 5.18. The van der Waals surface area contributed by atoms with Crippen molar-refractivity contribution in [1.29, 1.82) is 0 Å². The van der Waals surface area contributed by atoms with Crippen molar-refractivity contribution in [3.8, 4) is 0 Å². The third kappa shape index (κ3) is 3.58. The van der Waals surface area contributed by atoms with Gasteiger partial charge in [-0.2, -0.15) is 13.2 Å². The van der Waals surface area contributed by atoms with Crippen molar-refractivity contribution in [3.63, 3.8) is 0 Å². The number of para-hydroxylation sites is 2. The quantitative estimate of drug-likeness (QED) is 0.681. The third-order valence-corrected chi connectivity index (χ3v) is 5.18. The highest BCUT2D eigenvalue weighted by Crippen LogP contribution is 2.33. The van der Waals surface area contributed by atoms with Gasteiger partial charge in [-0.15, -0.1) is 0 Å². The molecule has 0 saturated carbocycles. The monoisotopic (exact) mass is 388 g/mol. The van der Waals surface area contributed by atoms with Crippen LogP contribution in [0.15, 0.2) is 48.8 Å². The maximum absolute atomic E-state index is 13.5. The minimum Gasteiger partial charge on any atom is -0.339 e. The number of pyridine rings is 1. The molecule has 3 aromatic rings. The van der Waals surface area contributed by atoms with E-state index in [4.69, 9.17) is 0 Å². The molecule has 8 heteroatoms. The molecular weight excluding hydrogens is 369 g/mol. The molecule has 1 amide bonds. The minimum atomic E-state index is -4.50. The van der Waals surface area contributed by atoms with E-state index in [1.54, 1.807) is 53.7 Å². The van der Waals surface area contributed by atoms with Gasteiger partial charge in [0.05, 0.1) is 11.0 Å². The summed E-state index contributed by atoms with van der Waals surface area (Å²) in [7, 11) is 0. The van der Waals surface area contributed by atoms with Crippen LogP contribution in [0, 0.1) is 5.92 Å². The highest BCUT2D eigenvalue weighted by atomic mass is 19.4. The first-order valence-electron chi connectivity index (χ1n) is 9.15. The average molecular weight is 388 g/mol. The highest BCUT2D eigenvalue weighted by molar-refractivity contribution is 5.94. The Labute approximate surface area is 159 Å². The van der Waals surface area contributed by atoms with Crippen molar-refractivity contribution >= 4 is 16.9 Å². The summed E-state index contributed by atoms with van der Waals surface area (Å²) < 4.78 is 41.6. The molecule has 4 rings (SSSR count). The van der Waals surface area contributed by atoms with E-state index in [1.807, 2.05) is 0 Å². The maximum Gasteiger partial charge on any atom is 0.449 e. The summed E-state index contributed by atoms with van der Waals surface area (Å²) in [6.07, 6.45) is -0.0517. The maximum atomic E-state index is 13.5. The number of hydrogen-bond donors (Lipinski definition) is 0. The fraction of sp³-hybridized carbons (Fsp3) is 0.350. The molecule has 5 nitrogen and oxygen atoms in total. The molecule has 0 radical (unpaired) electrons. The van der Waals surface area contributed by atoms with Gasteiger partial charge in [0.15, 0.2) is 0 Å². The number of nitrogens with zero attached hydrogens (tertiary/aromatic N) is 4. The van der Waals surface area contributed by atoms with Crippen molar-refractivity contribution in [2.24, 2.45) is 5.92 Å². The van der Waals surface area contributed by atoms with Crippen LogP contribution in [0.4, 0.5) is 13.2 Å². The van der Waals surface area contributed by atoms with Crippen molar-refractivity contribution in [2.45, 2.75) is 25.6 Å². The zero-order valence-corrected chi connectivity index (χ0v) is 15.1. The van der Waals surface area contributed by atoms with Crippen LogP contribution in [0.2, 0.25) is 0 Å². The fourth-order valence-corrected chi connectivity index (χ4v) is 3.73. The fourth-order valence-electron chi connectivity index (χ4n) is 3.73. The molecular formula is C20H19F3N4O. The first kappa shape index (κ1) is 18.5. The lowest BCUT2D eigenvalue weighted by molar-refractivity contribution is -0.147. The van der Waals surface area contributed by atoms with Gasteiger partial charge in [-0.05, 0) is 43.0 Å². The molecule has 0 bridgehead atoms. The summed E-state index contributed by atoms with van der Waals surface area (Å²) in [5.74, 6) is -0.867. The second-order valence-corrected chi connectivity index (χ2v) is 7.00. The van der Waals surface area contributed by atoms with Crippen LogP contribution in [-0.4, -0.2) is 38.4 Å². The highest BCUT2D eigenvalue weighted by Gasteiger charge is 2.38. The van der Waals surface area contributed by atoms with E-state index in [-0.39, 0.29) is 18.4 Å². The molecule has 3 heterocycles. The summed E-state index contributed by atoms with van der Waals surface area (Å²) in [5.41, 5.74) is 1.42. The summed E-state index contributed by atoms with van der Waals surface area (Å²) in [6, 6.07) is 10.00. The van der Waals surface area contributed by atoms with Crippen LogP contribution in [0.25, 0.3) is 11.0 Å². The Morgan fingerprint density at radius 3 is 2.43 bits per heavy atom. The summed E-state index contributed by atoms with van der Waals surface area (Å²) in [5, 5.41) is 0. The predicted molar refractivity (Wildman–Crippen MR) is 97.6 cm³/mol. The number of hydrogen-bond acceptors (Lipinski definition) is 3. The standard InChI is InChI=1S/C20H19F3N4O/c21-20(22,23)19-25-16-3-1-2-4-17(16)27(19)13-14-7-11-26(12-8-14)18(28)15-5-9-24-10-6-15/h1-6,9-10,14H,7-8,11-13H2. The number of carbonyl (C=O) groups excluding carboxylic acids is 1. The van der Waals surface area contributed by atoms with Gasteiger partial charge in [-0.25, -0.2) is 4.98 Å². The lowest BCUT2D eigenvalue weighted by Crippen LogP contribution is -2.39. The van der Waals surface area contributed by atoms with E-state index in [0.29, 0.717) is 42.5 Å². The SMILES string of the molecule is O=C(c1ccncc1)N1CCC(Cn2c(C(F)(F)F)nc3ccccc32)CC1. The number of likely N-dealkylation sites (tertiary alicyclic amines) is 1. The minimum absolute atomic E-state index is 0.0557. The molecule has 1 aromatic carbocycles. The molecule has 146 valence electrons. The number of alkyl halides is 3. The molecule has 0 spiro atoms. The van der Waals surface area contributed by atoms with E-state index in [0.717, 1.165) is 0 Å². The molecule has 1 fully saturated rings. The van der Waals surface area contributed by atoms with E-state index in [2.05, 4.69) is 9.97 Å². The van der Waals surface area contributed by atoms with Gasteiger partial charge >= 0.3 is 6.18 Å². The summed E-state index contributed by atoms with van der Waals surface area (Å²) >= 11 is 0. The molecule has 1 saturated heterocycles. The smallest absolute Gasteiger partial charge is 0.339 e. The largest absolute Gasteiger partial charge is 0.449 e. The van der Waals surface area contributed by atoms with Gasteiger partial charge in [0.1, 0.15) is 0 Å². The molecule has 0 aliphatic carbocycles. The topological polar surface area (TPSA) is 51.0 Å². The van der Waals surface area contributed by atoms with Crippen molar-refractivity contribution in [2.75, 3.05) is 13.1 Å². The van der Waals surface area contributed by atoms with Crippen molar-refractivity contribution in [1.82, 2.24) is 19.4 Å². The first-order valence-corrected chi connectivity index (χ1v) is 9.15. The van der Waals surface area contributed by atoms with Crippen LogP contribution in [0.1, 0.15) is 29.0 Å². The number of halogens is 3. The Hall–Kier alpha value is -2.90. The average Bonchev–Trinajstić information content (AvgIpc) is 3.08. The van der Waals surface area contributed by atoms with Crippen molar-refractivity contribution < 1.29 is 18.0 Å². The Morgan fingerprint density at radius 2 is 1.75 bits per heavy atom. The molecule has 1 aliphatic heterocycles. The van der Waals surface area contributed by atoms with E-state index in [9.17, 15) is 18.0 Å².